The van der Waals surface area contributed by atoms with Crippen LogP contribution < -0.4 is 0 Å². The highest BCUT2D eigenvalue weighted by Gasteiger charge is 2.34. The second-order valence-electron chi connectivity index (χ2n) is 9.43. The average molecular weight is 506 g/mol. The van der Waals surface area contributed by atoms with Gasteiger partial charge in [-0.15, -0.1) is 0 Å². The molecule has 0 spiro atoms. The van der Waals surface area contributed by atoms with Crippen molar-refractivity contribution in [3.8, 4) is 23.1 Å². The largest absolute Gasteiger partial charge is 0.310 e. The van der Waals surface area contributed by atoms with Crippen molar-refractivity contribution < 1.29 is 9.59 Å². The number of aryl methyl sites for hydroxylation is 1. The Bertz CT molecular complexity index is 2000. The molecular weight excluding hydrogens is 486 g/mol. The Hall–Kier alpha value is -5.61. The summed E-state index contributed by atoms with van der Waals surface area (Å²) in [5, 5.41) is 11.0. The monoisotopic (exact) mass is 505 g/mol. The first kappa shape index (κ1) is 22.6. The normalized spacial score (nSPS) is 12.8. The van der Waals surface area contributed by atoms with E-state index in [0.717, 1.165) is 22.0 Å². The van der Waals surface area contributed by atoms with Gasteiger partial charge in [-0.3, -0.25) is 14.2 Å². The van der Waals surface area contributed by atoms with Crippen molar-refractivity contribution in [2.24, 2.45) is 7.05 Å². The summed E-state index contributed by atoms with van der Waals surface area (Å²) in [5.74, 6) is 0.514. The summed E-state index contributed by atoms with van der Waals surface area (Å²) in [7, 11) is 1.87. The molecular formula is C32H19N5O2. The van der Waals surface area contributed by atoms with Gasteiger partial charge in [-0.2, -0.15) is 5.26 Å². The van der Waals surface area contributed by atoms with Crippen LogP contribution in [-0.2, 0) is 7.05 Å². The molecule has 7 heteroatoms. The molecule has 0 radical (unpaired) electrons. The third-order valence-corrected chi connectivity index (χ3v) is 7.13. The summed E-state index contributed by atoms with van der Waals surface area (Å²) in [6.07, 6.45) is 1.57. The number of fused-ring (bicyclic) bond motifs is 3. The Morgan fingerprint density at radius 1 is 0.769 bits per heavy atom. The van der Waals surface area contributed by atoms with Crippen LogP contribution in [0.1, 0.15) is 32.1 Å². The SMILES string of the molecule is Cn1c(-c2ccc(C#N)cc2)nc2c1nc(C=C1C(=O)c3cc4ccccc4cc3C1=O)n2-c1ccccc1. The first-order chi connectivity index (χ1) is 19.0. The number of carbonyl (C=O) groups is 2. The highest BCUT2D eigenvalue weighted by Crippen LogP contribution is 2.33. The Morgan fingerprint density at radius 3 is 2.00 bits per heavy atom. The van der Waals surface area contributed by atoms with Gasteiger partial charge in [0.25, 0.3) is 0 Å². The van der Waals surface area contributed by atoms with Gasteiger partial charge in [-0.05, 0) is 65.4 Å². The Balaban J connectivity index is 1.41. The van der Waals surface area contributed by atoms with Gasteiger partial charge in [0.1, 0.15) is 11.6 Å². The fourth-order valence-corrected chi connectivity index (χ4v) is 5.17. The van der Waals surface area contributed by atoms with E-state index < -0.39 is 0 Å². The summed E-state index contributed by atoms with van der Waals surface area (Å²) < 4.78 is 3.73. The van der Waals surface area contributed by atoms with E-state index in [2.05, 4.69) is 6.07 Å². The summed E-state index contributed by atoms with van der Waals surface area (Å²) in [5.41, 5.74) is 4.32. The number of Topliss-reactive ketones (excluding diaryl/α,β-unsaturated/α-hetero) is 2. The molecule has 0 N–H and O–H groups in total. The van der Waals surface area contributed by atoms with Crippen molar-refractivity contribution in [2.75, 3.05) is 0 Å². The molecule has 184 valence electrons. The van der Waals surface area contributed by atoms with Gasteiger partial charge >= 0.3 is 0 Å². The van der Waals surface area contributed by atoms with E-state index >= 15 is 0 Å². The Labute approximate surface area is 222 Å². The zero-order valence-corrected chi connectivity index (χ0v) is 20.8. The van der Waals surface area contributed by atoms with Gasteiger partial charge in [0.2, 0.25) is 0 Å². The van der Waals surface area contributed by atoms with Crippen molar-refractivity contribution >= 4 is 39.7 Å². The maximum Gasteiger partial charge on any atom is 0.197 e. The van der Waals surface area contributed by atoms with Crippen molar-refractivity contribution in [2.45, 2.75) is 0 Å². The lowest BCUT2D eigenvalue weighted by molar-refractivity contribution is 0.0990. The minimum absolute atomic E-state index is 0.0834. The van der Waals surface area contributed by atoms with Gasteiger partial charge in [-0.25, -0.2) is 9.97 Å². The third kappa shape index (κ3) is 3.43. The Kier molecular flexibility index (Phi) is 4.90. The average Bonchev–Trinajstić information content (AvgIpc) is 3.57. The van der Waals surface area contributed by atoms with Crippen LogP contribution in [0.3, 0.4) is 0 Å². The number of carbonyl (C=O) groups excluding carboxylic acids is 2. The van der Waals surface area contributed by atoms with Crippen LogP contribution in [0.25, 0.3) is 45.2 Å². The smallest absolute Gasteiger partial charge is 0.197 e. The van der Waals surface area contributed by atoms with Gasteiger partial charge in [-0.1, -0.05) is 42.5 Å². The van der Waals surface area contributed by atoms with Crippen LogP contribution in [0, 0.1) is 11.3 Å². The van der Waals surface area contributed by atoms with E-state index in [1.165, 1.54) is 0 Å². The number of nitriles is 1. The van der Waals surface area contributed by atoms with Crippen LogP contribution in [0.2, 0.25) is 0 Å². The van der Waals surface area contributed by atoms with Gasteiger partial charge in [0.15, 0.2) is 22.9 Å². The van der Waals surface area contributed by atoms with Crippen LogP contribution in [0.4, 0.5) is 0 Å². The van der Waals surface area contributed by atoms with Crippen molar-refractivity contribution in [3.63, 3.8) is 0 Å². The summed E-state index contributed by atoms with van der Waals surface area (Å²) >= 11 is 0. The molecule has 0 fully saturated rings. The quantitative estimate of drug-likeness (QED) is 0.220. The van der Waals surface area contributed by atoms with Gasteiger partial charge < -0.3 is 4.57 Å². The second kappa shape index (κ2) is 8.47. The molecule has 7 nitrogen and oxygen atoms in total. The molecule has 39 heavy (non-hydrogen) atoms. The number of para-hydroxylation sites is 1. The first-order valence-electron chi connectivity index (χ1n) is 12.4. The molecule has 2 aromatic heterocycles. The molecule has 1 aliphatic rings. The van der Waals surface area contributed by atoms with Crippen molar-refractivity contribution in [1.82, 2.24) is 19.1 Å². The fourth-order valence-electron chi connectivity index (χ4n) is 5.17. The number of rotatable bonds is 3. The summed E-state index contributed by atoms with van der Waals surface area (Å²) in [4.78, 5) is 36.6. The molecule has 0 bridgehead atoms. The van der Waals surface area contributed by atoms with Crippen LogP contribution in [0.15, 0.2) is 96.6 Å². The van der Waals surface area contributed by atoms with Crippen molar-refractivity contribution in [3.05, 3.63) is 119 Å². The maximum absolute atomic E-state index is 13.4. The standard InChI is InChI=1S/C32H19N5O2/c1-36-30(20-13-11-19(18-33)12-14-20)35-32-31(36)34-27(37(32)23-9-3-2-4-10-23)17-26-28(38)24-15-21-7-5-6-8-22(21)16-25(24)29(26)39/h2-17H,1H3. The topological polar surface area (TPSA) is 93.6 Å². The van der Waals surface area contributed by atoms with E-state index in [1.54, 1.807) is 30.3 Å². The van der Waals surface area contributed by atoms with Gasteiger partial charge in [0, 0.05) is 29.4 Å². The van der Waals surface area contributed by atoms with E-state index in [9.17, 15) is 9.59 Å². The van der Waals surface area contributed by atoms with E-state index in [1.807, 2.05) is 82.9 Å². The minimum atomic E-state index is -0.307. The number of aromatic nitrogens is 4. The van der Waals surface area contributed by atoms with Gasteiger partial charge in [0.05, 0.1) is 17.2 Å². The number of allylic oxidation sites excluding steroid dienone is 1. The summed E-state index contributed by atoms with van der Waals surface area (Å²) in [6, 6.07) is 30.2. The molecule has 0 saturated heterocycles. The number of hydrogen-bond acceptors (Lipinski definition) is 5. The molecule has 0 amide bonds. The highest BCUT2D eigenvalue weighted by molar-refractivity contribution is 6.42. The lowest BCUT2D eigenvalue weighted by Crippen LogP contribution is -2.04. The molecule has 0 saturated carbocycles. The third-order valence-electron chi connectivity index (χ3n) is 7.13. The first-order valence-corrected chi connectivity index (χ1v) is 12.4. The van der Waals surface area contributed by atoms with Crippen LogP contribution in [-0.4, -0.2) is 30.7 Å². The number of ketones is 2. The number of imidazole rings is 2. The second-order valence-corrected chi connectivity index (χ2v) is 9.43. The molecule has 6 aromatic rings. The Morgan fingerprint density at radius 2 is 1.38 bits per heavy atom. The predicted octanol–water partition coefficient (Wildman–Crippen LogP) is 5.91. The molecule has 7 rings (SSSR count). The lowest BCUT2D eigenvalue weighted by atomic mass is 10.0. The molecule has 0 atom stereocenters. The zero-order chi connectivity index (χ0) is 26.7. The predicted molar refractivity (Wildman–Crippen MR) is 149 cm³/mol. The number of benzene rings is 4. The highest BCUT2D eigenvalue weighted by atomic mass is 16.2. The zero-order valence-electron chi connectivity index (χ0n) is 20.8. The lowest BCUT2D eigenvalue weighted by Gasteiger charge is -2.06. The maximum atomic E-state index is 13.4. The van der Waals surface area contributed by atoms with E-state index in [0.29, 0.717) is 39.6 Å². The van der Waals surface area contributed by atoms with Crippen LogP contribution in [0.5, 0.6) is 0 Å². The molecule has 2 heterocycles. The van der Waals surface area contributed by atoms with E-state index in [4.69, 9.17) is 15.2 Å². The summed E-state index contributed by atoms with van der Waals surface area (Å²) in [6.45, 7) is 0. The molecule has 1 aliphatic carbocycles. The molecule has 0 unspecified atom stereocenters. The van der Waals surface area contributed by atoms with E-state index in [-0.39, 0.29) is 17.1 Å². The molecule has 4 aromatic carbocycles. The number of nitrogens with zero attached hydrogens (tertiary/aromatic N) is 5. The molecule has 0 aliphatic heterocycles. The fraction of sp³-hybridized carbons (Fsp3) is 0.0312. The van der Waals surface area contributed by atoms with Crippen LogP contribution >= 0.6 is 0 Å². The van der Waals surface area contributed by atoms with Crippen molar-refractivity contribution in [1.29, 1.82) is 5.26 Å². The minimum Gasteiger partial charge on any atom is -0.310 e. The number of hydrogen-bond donors (Lipinski definition) is 0.